The van der Waals surface area contributed by atoms with Gasteiger partial charge in [0.25, 0.3) is 0 Å². The maximum atomic E-state index is 12.0. The van der Waals surface area contributed by atoms with Crippen molar-refractivity contribution < 1.29 is 14.3 Å². The monoisotopic (exact) mass is 268 g/mol. The molecule has 0 unspecified atom stereocenters. The van der Waals surface area contributed by atoms with Crippen molar-refractivity contribution in [1.29, 1.82) is 0 Å². The number of fused-ring (bicyclic) bond motifs is 1. The number of rotatable bonds is 5. The smallest absolute Gasteiger partial charge is 0.306 e. The second-order valence-corrected chi connectivity index (χ2v) is 6.93. The van der Waals surface area contributed by atoms with Crippen molar-refractivity contribution in [3.05, 3.63) is 0 Å². The molecule has 0 aromatic carbocycles. The fourth-order valence-electron chi connectivity index (χ4n) is 3.78. The first-order chi connectivity index (χ1) is 8.96. The van der Waals surface area contributed by atoms with E-state index in [1.54, 1.807) is 0 Å². The van der Waals surface area contributed by atoms with Crippen molar-refractivity contribution in [2.45, 2.75) is 72.0 Å². The largest absolute Gasteiger partial charge is 0.461 e. The minimum absolute atomic E-state index is 0.0191. The summed E-state index contributed by atoms with van der Waals surface area (Å²) in [7, 11) is 0. The molecule has 110 valence electrons. The second-order valence-electron chi connectivity index (χ2n) is 6.93. The maximum absolute atomic E-state index is 12.0. The molecule has 0 bridgehead atoms. The third kappa shape index (κ3) is 2.96. The summed E-state index contributed by atoms with van der Waals surface area (Å²) < 4.78 is 11.6. The van der Waals surface area contributed by atoms with Crippen LogP contribution in [0.4, 0.5) is 0 Å². The molecule has 4 atom stereocenters. The van der Waals surface area contributed by atoms with E-state index < -0.39 is 0 Å². The van der Waals surface area contributed by atoms with Crippen molar-refractivity contribution >= 4 is 5.97 Å². The van der Waals surface area contributed by atoms with Gasteiger partial charge in [-0.15, -0.1) is 0 Å². The van der Waals surface area contributed by atoms with Gasteiger partial charge in [0.2, 0.25) is 0 Å². The summed E-state index contributed by atoms with van der Waals surface area (Å²) in [4.78, 5) is 12.0. The number of carbonyl (C=O) groups is 1. The minimum atomic E-state index is -0.0250. The van der Waals surface area contributed by atoms with Gasteiger partial charge in [0.1, 0.15) is 6.10 Å². The lowest BCUT2D eigenvalue weighted by Crippen LogP contribution is -2.65. The molecule has 0 spiro atoms. The molecule has 1 saturated heterocycles. The molecule has 0 aromatic rings. The summed E-state index contributed by atoms with van der Waals surface area (Å²) in [6.45, 7) is 9.46. The molecule has 3 heteroatoms. The highest BCUT2D eigenvalue weighted by molar-refractivity contribution is 5.70. The Balaban J connectivity index is 1.86. The summed E-state index contributed by atoms with van der Waals surface area (Å²) in [5.41, 5.74) is -0.0191. The highest BCUT2D eigenvalue weighted by Crippen LogP contribution is 2.53. The van der Waals surface area contributed by atoms with Gasteiger partial charge < -0.3 is 9.47 Å². The number of hydrogen-bond acceptors (Lipinski definition) is 3. The number of hydrogen-bond donors (Lipinski definition) is 0. The van der Waals surface area contributed by atoms with Gasteiger partial charge in [0.05, 0.1) is 6.10 Å². The van der Waals surface area contributed by atoms with E-state index in [0.717, 1.165) is 32.3 Å². The van der Waals surface area contributed by atoms with Crippen molar-refractivity contribution in [2.24, 2.45) is 17.3 Å². The molecule has 0 amide bonds. The fourth-order valence-corrected chi connectivity index (χ4v) is 3.78. The van der Waals surface area contributed by atoms with Crippen LogP contribution in [0.2, 0.25) is 0 Å². The first kappa shape index (κ1) is 14.8. The topological polar surface area (TPSA) is 35.5 Å². The average molecular weight is 268 g/mol. The molecule has 2 rings (SSSR count). The van der Waals surface area contributed by atoms with Crippen molar-refractivity contribution in [3.8, 4) is 0 Å². The molecule has 1 aliphatic carbocycles. The quantitative estimate of drug-likeness (QED) is 0.715. The number of ether oxygens (including phenoxy) is 2. The normalized spacial score (nSPS) is 34.0. The standard InChI is InChI=1S/C16H28O3/c1-5-7-11(2)10-13(17)19-15-12-8-6-9-18-14(12)16(15,3)4/h11-12,14-15H,5-10H2,1-4H3/t11-,12+,14+,15+/m0/s1. The molecule has 0 N–H and O–H groups in total. The van der Waals surface area contributed by atoms with Crippen LogP contribution in [0.3, 0.4) is 0 Å². The Labute approximate surface area is 117 Å². The summed E-state index contributed by atoms with van der Waals surface area (Å²) in [6, 6.07) is 0. The van der Waals surface area contributed by atoms with Gasteiger partial charge >= 0.3 is 5.97 Å². The van der Waals surface area contributed by atoms with Gasteiger partial charge in [-0.1, -0.05) is 40.5 Å². The zero-order valence-electron chi connectivity index (χ0n) is 12.8. The van der Waals surface area contributed by atoms with Gasteiger partial charge in [-0.25, -0.2) is 0 Å². The van der Waals surface area contributed by atoms with E-state index in [4.69, 9.17) is 9.47 Å². The summed E-state index contributed by atoms with van der Waals surface area (Å²) in [5, 5.41) is 0. The maximum Gasteiger partial charge on any atom is 0.306 e. The lowest BCUT2D eigenvalue weighted by Gasteiger charge is -2.58. The SMILES string of the molecule is CCC[C@H](C)CC(=O)O[C@@H]1[C@@H]2CCCO[C@H]2C1(C)C. The van der Waals surface area contributed by atoms with E-state index >= 15 is 0 Å². The Morgan fingerprint density at radius 3 is 2.89 bits per heavy atom. The molecule has 2 fully saturated rings. The number of esters is 1. The molecule has 0 aromatic heterocycles. The Morgan fingerprint density at radius 1 is 1.47 bits per heavy atom. The molecule has 1 aliphatic heterocycles. The Kier molecular flexibility index (Phi) is 4.54. The highest BCUT2D eigenvalue weighted by atomic mass is 16.6. The predicted octanol–water partition coefficient (Wildman–Crippen LogP) is 3.56. The van der Waals surface area contributed by atoms with E-state index in [9.17, 15) is 4.79 Å². The Hall–Kier alpha value is -0.570. The third-order valence-corrected chi connectivity index (χ3v) is 4.78. The van der Waals surface area contributed by atoms with E-state index in [1.807, 2.05) is 0 Å². The van der Waals surface area contributed by atoms with Gasteiger partial charge in [0.15, 0.2) is 0 Å². The molecule has 3 nitrogen and oxygen atoms in total. The minimum Gasteiger partial charge on any atom is -0.461 e. The highest BCUT2D eigenvalue weighted by Gasteiger charge is 2.60. The van der Waals surface area contributed by atoms with E-state index in [0.29, 0.717) is 18.3 Å². The van der Waals surface area contributed by atoms with Gasteiger partial charge in [-0.3, -0.25) is 4.79 Å². The first-order valence-corrected chi connectivity index (χ1v) is 7.78. The summed E-state index contributed by atoms with van der Waals surface area (Å²) in [6.07, 6.45) is 5.35. The third-order valence-electron chi connectivity index (χ3n) is 4.78. The van der Waals surface area contributed by atoms with Crippen LogP contribution in [0.1, 0.15) is 59.8 Å². The van der Waals surface area contributed by atoms with Crippen LogP contribution in [0.15, 0.2) is 0 Å². The van der Waals surface area contributed by atoms with Crippen LogP contribution in [0.25, 0.3) is 0 Å². The molecular weight excluding hydrogens is 240 g/mol. The van der Waals surface area contributed by atoms with E-state index in [-0.39, 0.29) is 23.6 Å². The lowest BCUT2D eigenvalue weighted by atomic mass is 9.57. The van der Waals surface area contributed by atoms with Crippen LogP contribution < -0.4 is 0 Å². The van der Waals surface area contributed by atoms with E-state index in [2.05, 4.69) is 27.7 Å². The van der Waals surface area contributed by atoms with Crippen LogP contribution in [-0.2, 0) is 14.3 Å². The first-order valence-electron chi connectivity index (χ1n) is 7.78. The van der Waals surface area contributed by atoms with Crippen LogP contribution in [0, 0.1) is 17.3 Å². The molecule has 0 radical (unpaired) electrons. The van der Waals surface area contributed by atoms with Gasteiger partial charge in [-0.05, 0) is 18.8 Å². The van der Waals surface area contributed by atoms with Gasteiger partial charge in [-0.2, -0.15) is 0 Å². The molecule has 1 saturated carbocycles. The molecular formula is C16H28O3. The zero-order valence-corrected chi connectivity index (χ0v) is 12.8. The molecule has 1 heterocycles. The fraction of sp³-hybridized carbons (Fsp3) is 0.938. The van der Waals surface area contributed by atoms with Crippen LogP contribution >= 0.6 is 0 Å². The zero-order chi connectivity index (χ0) is 14.0. The Morgan fingerprint density at radius 2 is 2.21 bits per heavy atom. The second kappa shape index (κ2) is 5.82. The van der Waals surface area contributed by atoms with Crippen LogP contribution in [0.5, 0.6) is 0 Å². The van der Waals surface area contributed by atoms with E-state index in [1.165, 1.54) is 0 Å². The predicted molar refractivity (Wildman–Crippen MR) is 74.8 cm³/mol. The van der Waals surface area contributed by atoms with Gasteiger partial charge in [0, 0.05) is 24.4 Å². The molecule has 19 heavy (non-hydrogen) atoms. The summed E-state index contributed by atoms with van der Waals surface area (Å²) in [5.74, 6) is 0.830. The number of carbonyl (C=O) groups excluding carboxylic acids is 1. The van der Waals surface area contributed by atoms with Crippen molar-refractivity contribution in [1.82, 2.24) is 0 Å². The molecule has 2 aliphatic rings. The average Bonchev–Trinajstić information content (AvgIpc) is 2.36. The summed E-state index contributed by atoms with van der Waals surface area (Å²) >= 11 is 0. The lowest BCUT2D eigenvalue weighted by molar-refractivity contribution is -0.255. The van der Waals surface area contributed by atoms with Crippen molar-refractivity contribution in [2.75, 3.05) is 6.61 Å². The van der Waals surface area contributed by atoms with Crippen molar-refractivity contribution in [3.63, 3.8) is 0 Å². The van der Waals surface area contributed by atoms with Crippen LogP contribution in [-0.4, -0.2) is 24.8 Å². The Bertz CT molecular complexity index is 324.